The first-order valence-electron chi connectivity index (χ1n) is 31.0. The van der Waals surface area contributed by atoms with Crippen LogP contribution in [0.1, 0.15) is 258 Å². The van der Waals surface area contributed by atoms with E-state index in [0.29, 0.717) is 17.4 Å². The fourth-order valence-corrected chi connectivity index (χ4v) is 9.09. The number of carbonyl (C=O) groups excluding carboxylic acids is 2. The van der Waals surface area contributed by atoms with Gasteiger partial charge in [0, 0.05) is 12.8 Å². The summed E-state index contributed by atoms with van der Waals surface area (Å²) in [5.41, 5.74) is 0. The predicted molar refractivity (Wildman–Crippen MR) is 325 cm³/mol. The lowest BCUT2D eigenvalue weighted by atomic mass is 10.0. The molecule has 438 valence electrons. The summed E-state index contributed by atoms with van der Waals surface area (Å²) >= 11 is 0. The highest BCUT2D eigenvalue weighted by Gasteiger charge is 2.27. The number of hydrogen-bond donors (Lipinski definition) is 1. The lowest BCUT2D eigenvalue weighted by Gasteiger charge is -2.24. The summed E-state index contributed by atoms with van der Waals surface area (Å²) in [5.74, 6) is -0.811. The highest BCUT2D eigenvalue weighted by molar-refractivity contribution is 7.47. The van der Waals surface area contributed by atoms with E-state index in [4.69, 9.17) is 18.5 Å². The van der Waals surface area contributed by atoms with Gasteiger partial charge in [-0.05, 0) is 89.9 Å². The maximum Gasteiger partial charge on any atom is 0.472 e. The molecule has 0 aliphatic heterocycles. The van der Waals surface area contributed by atoms with E-state index in [0.717, 1.165) is 103 Å². The molecule has 0 aliphatic carbocycles. The molecule has 2 atom stereocenters. The number of allylic oxidation sites excluding steroid dienone is 16. The van der Waals surface area contributed by atoms with E-state index in [1.54, 1.807) is 0 Å². The van der Waals surface area contributed by atoms with Crippen LogP contribution >= 0.6 is 7.82 Å². The number of quaternary nitrogens is 1. The first kappa shape index (κ1) is 72.9. The van der Waals surface area contributed by atoms with E-state index in [-0.39, 0.29) is 32.0 Å². The molecule has 0 spiro atoms. The average molecular weight is 1080 g/mol. The van der Waals surface area contributed by atoms with Gasteiger partial charge in [0.1, 0.15) is 19.8 Å². The molecule has 0 bridgehead atoms. The van der Waals surface area contributed by atoms with Crippen LogP contribution in [0.2, 0.25) is 0 Å². The third kappa shape index (κ3) is 60.2. The second-order valence-electron chi connectivity index (χ2n) is 21.7. The number of carbonyl (C=O) groups is 2. The first-order chi connectivity index (χ1) is 37.0. The van der Waals surface area contributed by atoms with E-state index < -0.39 is 26.5 Å². The number of unbranched alkanes of at least 4 members (excludes halogenated alkanes) is 26. The van der Waals surface area contributed by atoms with Crippen LogP contribution in [0.5, 0.6) is 0 Å². The topological polar surface area (TPSA) is 108 Å². The van der Waals surface area contributed by atoms with E-state index in [2.05, 4.69) is 111 Å². The maximum atomic E-state index is 12.8. The van der Waals surface area contributed by atoms with Gasteiger partial charge in [-0.25, -0.2) is 4.57 Å². The molecule has 0 rings (SSSR count). The van der Waals surface area contributed by atoms with Crippen LogP contribution in [0.15, 0.2) is 97.2 Å². The molecule has 10 heteroatoms. The largest absolute Gasteiger partial charge is 0.472 e. The Morgan fingerprint density at radius 3 is 1.12 bits per heavy atom. The predicted octanol–water partition coefficient (Wildman–Crippen LogP) is 19.6. The normalized spacial score (nSPS) is 13.9. The summed E-state index contributed by atoms with van der Waals surface area (Å²) in [6, 6.07) is 0. The standard InChI is InChI=1S/C66H116NO8P/c1-6-8-10-12-14-16-18-20-21-22-23-24-25-26-27-28-29-30-31-32-33-34-35-36-37-38-39-40-41-42-43-44-45-47-49-51-53-55-57-59-66(69)75-64(63-74-76(70,71)73-61-60-67(3,4)5)62-72-65(68)58-56-54-52-50-48-46-19-17-15-13-11-9-7-2/h8,10-11,13-14,16-17,19-21,23-24,26-27,29-30,64H,6-7,9,12,15,18,22,25,28,31-63H2,1-5H3/p+1/b10-8-,13-11-,16-14-,19-17-,21-20-,24-23-,27-26-,30-29-. The second-order valence-corrected chi connectivity index (χ2v) is 23.2. The van der Waals surface area contributed by atoms with E-state index in [9.17, 15) is 19.0 Å². The molecule has 0 fully saturated rings. The van der Waals surface area contributed by atoms with Gasteiger partial charge >= 0.3 is 19.8 Å². The molecule has 2 unspecified atom stereocenters. The van der Waals surface area contributed by atoms with Gasteiger partial charge in [0.25, 0.3) is 0 Å². The van der Waals surface area contributed by atoms with Crippen LogP contribution in [-0.4, -0.2) is 74.9 Å². The Kier molecular flexibility index (Phi) is 54.4. The summed E-state index contributed by atoms with van der Waals surface area (Å²) in [6.45, 7) is 4.24. The summed E-state index contributed by atoms with van der Waals surface area (Å²) in [5, 5.41) is 0. The molecule has 0 heterocycles. The number of likely N-dealkylation sites (N-methyl/N-ethyl adjacent to an activating group) is 1. The van der Waals surface area contributed by atoms with Crippen LogP contribution in [0.3, 0.4) is 0 Å². The number of rotatable bonds is 56. The summed E-state index contributed by atoms with van der Waals surface area (Å²) < 4.78 is 34.5. The molecule has 9 nitrogen and oxygen atoms in total. The first-order valence-corrected chi connectivity index (χ1v) is 32.5. The molecule has 0 aromatic carbocycles. The molecule has 0 radical (unpaired) electrons. The smallest absolute Gasteiger partial charge is 0.462 e. The Hall–Kier alpha value is -3.07. The van der Waals surface area contributed by atoms with Gasteiger partial charge in [-0.1, -0.05) is 252 Å². The van der Waals surface area contributed by atoms with Crippen molar-refractivity contribution in [2.45, 2.75) is 264 Å². The van der Waals surface area contributed by atoms with Gasteiger partial charge in [0.2, 0.25) is 0 Å². The molecule has 0 amide bonds. The van der Waals surface area contributed by atoms with Gasteiger partial charge in [0.05, 0.1) is 27.7 Å². The summed E-state index contributed by atoms with van der Waals surface area (Å²) in [4.78, 5) is 35.6. The number of phosphoric acid groups is 1. The van der Waals surface area contributed by atoms with Gasteiger partial charge in [-0.15, -0.1) is 0 Å². The van der Waals surface area contributed by atoms with Gasteiger partial charge < -0.3 is 18.9 Å². The number of ether oxygens (including phenoxy) is 2. The monoisotopic (exact) mass is 1080 g/mol. The van der Waals surface area contributed by atoms with Crippen molar-refractivity contribution in [3.63, 3.8) is 0 Å². The van der Waals surface area contributed by atoms with Gasteiger partial charge in [0.15, 0.2) is 6.10 Å². The Morgan fingerprint density at radius 1 is 0.421 bits per heavy atom. The number of esters is 2. The quantitative estimate of drug-likeness (QED) is 0.0211. The Morgan fingerprint density at radius 2 is 0.750 bits per heavy atom. The van der Waals surface area contributed by atoms with E-state index in [1.165, 1.54) is 122 Å². The lowest BCUT2D eigenvalue weighted by Crippen LogP contribution is -2.37. The van der Waals surface area contributed by atoms with Crippen molar-refractivity contribution < 1.29 is 42.1 Å². The van der Waals surface area contributed by atoms with Crippen molar-refractivity contribution in [2.75, 3.05) is 47.5 Å². The van der Waals surface area contributed by atoms with Gasteiger partial charge in [-0.2, -0.15) is 0 Å². The van der Waals surface area contributed by atoms with Crippen LogP contribution in [0, 0.1) is 0 Å². The zero-order valence-corrected chi connectivity index (χ0v) is 50.6. The molecule has 1 N–H and O–H groups in total. The fourth-order valence-electron chi connectivity index (χ4n) is 8.35. The summed E-state index contributed by atoms with van der Waals surface area (Å²) in [6.07, 6.45) is 77.9. The molecule has 0 saturated heterocycles. The number of nitrogens with zero attached hydrogens (tertiary/aromatic N) is 1. The highest BCUT2D eigenvalue weighted by atomic mass is 31.2. The molecule has 0 aromatic rings. The minimum atomic E-state index is -4.39. The third-order valence-electron chi connectivity index (χ3n) is 13.1. The zero-order valence-electron chi connectivity index (χ0n) is 49.7. The van der Waals surface area contributed by atoms with Crippen molar-refractivity contribution in [2.24, 2.45) is 0 Å². The third-order valence-corrected chi connectivity index (χ3v) is 14.1. The molecule has 0 saturated carbocycles. The Balaban J connectivity index is 3.94. The molecular formula is C66H117NO8P+. The van der Waals surface area contributed by atoms with E-state index in [1.807, 2.05) is 21.1 Å². The van der Waals surface area contributed by atoms with Crippen LogP contribution in [-0.2, 0) is 32.7 Å². The molecule has 0 aliphatic rings. The lowest BCUT2D eigenvalue weighted by molar-refractivity contribution is -0.870. The molecule has 76 heavy (non-hydrogen) atoms. The Bertz CT molecular complexity index is 1600. The van der Waals surface area contributed by atoms with E-state index >= 15 is 0 Å². The number of phosphoric ester groups is 1. The van der Waals surface area contributed by atoms with Crippen molar-refractivity contribution in [3.8, 4) is 0 Å². The molecule has 0 aromatic heterocycles. The second kappa shape index (κ2) is 56.6. The summed E-state index contributed by atoms with van der Waals surface area (Å²) in [7, 11) is 1.47. The van der Waals surface area contributed by atoms with Crippen LogP contribution < -0.4 is 0 Å². The zero-order chi connectivity index (χ0) is 55.6. The molecular weight excluding hydrogens is 966 g/mol. The van der Waals surface area contributed by atoms with Crippen LogP contribution in [0.25, 0.3) is 0 Å². The van der Waals surface area contributed by atoms with Gasteiger partial charge in [-0.3, -0.25) is 18.6 Å². The van der Waals surface area contributed by atoms with Crippen LogP contribution in [0.4, 0.5) is 0 Å². The average Bonchev–Trinajstić information content (AvgIpc) is 3.38. The van der Waals surface area contributed by atoms with Crippen molar-refractivity contribution >= 4 is 19.8 Å². The SMILES string of the molecule is CC/C=C\C/C=C\C/C=C\C/C=C\C/C=C\C/C=C\CCCCCCCCCCCCCCCCCCCCCCC(=O)OC(COC(=O)CCCCCCC/C=C\C/C=C\CCC)COP(=O)(O)OCC[N+](C)(C)C. The Labute approximate surface area is 468 Å². The van der Waals surface area contributed by atoms with Crippen molar-refractivity contribution in [1.29, 1.82) is 0 Å². The minimum absolute atomic E-state index is 0.0275. The highest BCUT2D eigenvalue weighted by Crippen LogP contribution is 2.43. The maximum absolute atomic E-state index is 12.8. The van der Waals surface area contributed by atoms with Crippen molar-refractivity contribution in [1.82, 2.24) is 0 Å². The fraction of sp³-hybridized carbons (Fsp3) is 0.727. The van der Waals surface area contributed by atoms with Crippen molar-refractivity contribution in [3.05, 3.63) is 97.2 Å². The number of hydrogen-bond acceptors (Lipinski definition) is 7. The minimum Gasteiger partial charge on any atom is -0.462 e.